The number of aryl methyl sites for hydroxylation is 1. The standard InChI is InChI=1S/C15H20N2O2/c1-12-10-14(8-7-13(12)11-16)17-9-5-3-2-4-6-15(18)19/h7-8,10,17H,2-6,9H2,1H3,(H,18,19). The number of carboxylic acid groups (broad SMARTS) is 1. The number of nitrogens with zero attached hydrogens (tertiary/aromatic N) is 1. The van der Waals surface area contributed by atoms with Gasteiger partial charge < -0.3 is 10.4 Å². The number of rotatable bonds is 8. The molecule has 0 heterocycles. The largest absolute Gasteiger partial charge is 0.481 e. The maximum absolute atomic E-state index is 10.3. The molecular weight excluding hydrogens is 240 g/mol. The number of aliphatic carboxylic acids is 1. The first-order chi connectivity index (χ1) is 9.13. The molecule has 0 bridgehead atoms. The molecular formula is C15H20N2O2. The molecule has 0 fully saturated rings. The molecule has 0 saturated heterocycles. The summed E-state index contributed by atoms with van der Waals surface area (Å²) in [5, 5.41) is 20.6. The van der Waals surface area contributed by atoms with E-state index in [1.54, 1.807) is 0 Å². The molecule has 1 aromatic carbocycles. The Morgan fingerprint density at radius 1 is 1.32 bits per heavy atom. The van der Waals surface area contributed by atoms with Gasteiger partial charge in [-0.1, -0.05) is 12.8 Å². The van der Waals surface area contributed by atoms with Gasteiger partial charge in [0.25, 0.3) is 0 Å². The third kappa shape index (κ3) is 5.91. The van der Waals surface area contributed by atoms with E-state index in [2.05, 4.69) is 11.4 Å². The van der Waals surface area contributed by atoms with Crippen LogP contribution in [0.15, 0.2) is 18.2 Å². The molecule has 1 rings (SSSR count). The van der Waals surface area contributed by atoms with Gasteiger partial charge in [-0.3, -0.25) is 4.79 Å². The van der Waals surface area contributed by atoms with E-state index in [1.807, 2.05) is 25.1 Å². The Balaban J connectivity index is 2.18. The number of anilines is 1. The van der Waals surface area contributed by atoms with Crippen LogP contribution in [0.25, 0.3) is 0 Å². The molecule has 0 saturated carbocycles. The van der Waals surface area contributed by atoms with Crippen LogP contribution in [-0.2, 0) is 4.79 Å². The summed E-state index contributed by atoms with van der Waals surface area (Å²) in [5.74, 6) is -0.716. The second kappa shape index (κ2) is 8.15. The molecule has 4 heteroatoms. The zero-order chi connectivity index (χ0) is 14.1. The molecule has 4 nitrogen and oxygen atoms in total. The van der Waals surface area contributed by atoms with Crippen molar-refractivity contribution in [3.8, 4) is 6.07 Å². The third-order valence-electron chi connectivity index (χ3n) is 2.99. The normalized spacial score (nSPS) is 9.89. The first-order valence-corrected chi connectivity index (χ1v) is 6.60. The maximum Gasteiger partial charge on any atom is 0.303 e. The van der Waals surface area contributed by atoms with Crippen molar-refractivity contribution in [3.63, 3.8) is 0 Å². The predicted octanol–water partition coefficient (Wildman–Crippen LogP) is 3.31. The minimum atomic E-state index is -0.716. The number of nitrogens with one attached hydrogen (secondary N) is 1. The third-order valence-corrected chi connectivity index (χ3v) is 2.99. The highest BCUT2D eigenvalue weighted by atomic mass is 16.4. The van der Waals surface area contributed by atoms with E-state index < -0.39 is 5.97 Å². The molecule has 0 aliphatic rings. The van der Waals surface area contributed by atoms with Crippen LogP contribution in [0.4, 0.5) is 5.69 Å². The molecule has 0 aromatic heterocycles. The van der Waals surface area contributed by atoms with Gasteiger partial charge in [0, 0.05) is 18.7 Å². The van der Waals surface area contributed by atoms with Crippen LogP contribution in [0.3, 0.4) is 0 Å². The number of hydrogen-bond donors (Lipinski definition) is 2. The molecule has 0 spiro atoms. The lowest BCUT2D eigenvalue weighted by atomic mass is 10.1. The molecule has 2 N–H and O–H groups in total. The number of carbonyl (C=O) groups is 1. The highest BCUT2D eigenvalue weighted by Crippen LogP contribution is 2.14. The Morgan fingerprint density at radius 2 is 2.05 bits per heavy atom. The highest BCUT2D eigenvalue weighted by Gasteiger charge is 1.99. The van der Waals surface area contributed by atoms with Crippen molar-refractivity contribution < 1.29 is 9.90 Å². The maximum atomic E-state index is 10.3. The molecule has 0 radical (unpaired) electrons. The predicted molar refractivity (Wildman–Crippen MR) is 75.1 cm³/mol. The van der Waals surface area contributed by atoms with Gasteiger partial charge in [0.1, 0.15) is 0 Å². The second-order valence-corrected chi connectivity index (χ2v) is 4.63. The topological polar surface area (TPSA) is 73.1 Å². The van der Waals surface area contributed by atoms with Crippen molar-refractivity contribution in [1.29, 1.82) is 5.26 Å². The molecule has 0 amide bonds. The van der Waals surface area contributed by atoms with Gasteiger partial charge in [0.2, 0.25) is 0 Å². The Bertz CT molecular complexity index is 464. The van der Waals surface area contributed by atoms with Crippen LogP contribution in [-0.4, -0.2) is 17.6 Å². The van der Waals surface area contributed by atoms with Crippen molar-refractivity contribution in [3.05, 3.63) is 29.3 Å². The van der Waals surface area contributed by atoms with Gasteiger partial charge in [-0.05, 0) is 43.5 Å². The number of hydrogen-bond acceptors (Lipinski definition) is 3. The molecule has 0 aliphatic heterocycles. The quantitative estimate of drug-likeness (QED) is 0.703. The van der Waals surface area contributed by atoms with Crippen LogP contribution in [0, 0.1) is 18.3 Å². The highest BCUT2D eigenvalue weighted by molar-refractivity contribution is 5.66. The molecule has 19 heavy (non-hydrogen) atoms. The van der Waals surface area contributed by atoms with E-state index in [1.165, 1.54) is 0 Å². The molecule has 0 unspecified atom stereocenters. The SMILES string of the molecule is Cc1cc(NCCCCCCC(=O)O)ccc1C#N. The zero-order valence-corrected chi connectivity index (χ0v) is 11.3. The minimum Gasteiger partial charge on any atom is -0.481 e. The van der Waals surface area contributed by atoms with Gasteiger partial charge >= 0.3 is 5.97 Å². The van der Waals surface area contributed by atoms with Gasteiger partial charge in [0.05, 0.1) is 11.6 Å². The number of nitriles is 1. The van der Waals surface area contributed by atoms with E-state index in [-0.39, 0.29) is 6.42 Å². The fraction of sp³-hybridized carbons (Fsp3) is 0.467. The summed E-state index contributed by atoms with van der Waals surface area (Å²) in [4.78, 5) is 10.3. The van der Waals surface area contributed by atoms with E-state index >= 15 is 0 Å². The van der Waals surface area contributed by atoms with Crippen LogP contribution in [0.5, 0.6) is 0 Å². The molecule has 1 aromatic rings. The summed E-state index contributed by atoms with van der Waals surface area (Å²) in [6, 6.07) is 7.86. The fourth-order valence-corrected chi connectivity index (χ4v) is 1.89. The second-order valence-electron chi connectivity index (χ2n) is 4.63. The van der Waals surface area contributed by atoms with E-state index in [9.17, 15) is 4.79 Å². The first kappa shape index (κ1) is 15.0. The summed E-state index contributed by atoms with van der Waals surface area (Å²) < 4.78 is 0. The van der Waals surface area contributed by atoms with E-state index in [0.29, 0.717) is 5.56 Å². The van der Waals surface area contributed by atoms with Crippen molar-refractivity contribution in [2.75, 3.05) is 11.9 Å². The Hall–Kier alpha value is -2.02. The number of carboxylic acids is 1. The lowest BCUT2D eigenvalue weighted by molar-refractivity contribution is -0.137. The zero-order valence-electron chi connectivity index (χ0n) is 11.3. The van der Waals surface area contributed by atoms with Crippen molar-refractivity contribution in [2.45, 2.75) is 39.0 Å². The van der Waals surface area contributed by atoms with Crippen LogP contribution >= 0.6 is 0 Å². The number of benzene rings is 1. The van der Waals surface area contributed by atoms with Gasteiger partial charge in [-0.15, -0.1) is 0 Å². The molecule has 0 aliphatic carbocycles. The molecule has 102 valence electrons. The van der Waals surface area contributed by atoms with Crippen LogP contribution in [0.2, 0.25) is 0 Å². The fourth-order valence-electron chi connectivity index (χ4n) is 1.89. The van der Waals surface area contributed by atoms with E-state index in [0.717, 1.165) is 43.5 Å². The summed E-state index contributed by atoms with van der Waals surface area (Å²) in [6.07, 6.45) is 4.04. The monoisotopic (exact) mass is 260 g/mol. The average Bonchev–Trinajstić information content (AvgIpc) is 2.37. The van der Waals surface area contributed by atoms with Crippen molar-refractivity contribution in [1.82, 2.24) is 0 Å². The number of unbranched alkanes of at least 4 members (excludes halogenated alkanes) is 3. The summed E-state index contributed by atoms with van der Waals surface area (Å²) in [6.45, 7) is 2.80. The lowest BCUT2D eigenvalue weighted by Crippen LogP contribution is -2.02. The Morgan fingerprint density at radius 3 is 2.68 bits per heavy atom. The smallest absolute Gasteiger partial charge is 0.303 e. The first-order valence-electron chi connectivity index (χ1n) is 6.60. The average molecular weight is 260 g/mol. The molecule has 0 atom stereocenters. The minimum absolute atomic E-state index is 0.266. The van der Waals surface area contributed by atoms with Crippen molar-refractivity contribution >= 4 is 11.7 Å². The van der Waals surface area contributed by atoms with Crippen molar-refractivity contribution in [2.24, 2.45) is 0 Å². The van der Waals surface area contributed by atoms with Crippen LogP contribution < -0.4 is 5.32 Å². The van der Waals surface area contributed by atoms with Gasteiger partial charge in [-0.2, -0.15) is 5.26 Å². The summed E-state index contributed by atoms with van der Waals surface area (Å²) in [7, 11) is 0. The summed E-state index contributed by atoms with van der Waals surface area (Å²) in [5.41, 5.74) is 2.72. The van der Waals surface area contributed by atoms with E-state index in [4.69, 9.17) is 10.4 Å². The Labute approximate surface area is 114 Å². The van der Waals surface area contributed by atoms with Gasteiger partial charge in [-0.25, -0.2) is 0 Å². The van der Waals surface area contributed by atoms with Gasteiger partial charge in [0.15, 0.2) is 0 Å². The van der Waals surface area contributed by atoms with Crippen LogP contribution in [0.1, 0.15) is 43.2 Å². The summed E-state index contributed by atoms with van der Waals surface area (Å²) >= 11 is 0. The lowest BCUT2D eigenvalue weighted by Gasteiger charge is -2.07. The Kier molecular flexibility index (Phi) is 6.45.